The van der Waals surface area contributed by atoms with Crippen LogP contribution in [0, 0.1) is 5.82 Å². The normalized spacial score (nSPS) is 10.6. The lowest BCUT2D eigenvalue weighted by Gasteiger charge is -2.11. The van der Waals surface area contributed by atoms with Gasteiger partial charge < -0.3 is 14.0 Å². The van der Waals surface area contributed by atoms with Crippen molar-refractivity contribution in [2.45, 2.75) is 0 Å². The van der Waals surface area contributed by atoms with Crippen molar-refractivity contribution >= 4 is 5.78 Å². The fraction of sp³-hybridized carbons (Fsp3) is 0.0833. The summed E-state index contributed by atoms with van der Waals surface area (Å²) in [5.41, 5.74) is 2.59. The Hall–Kier alpha value is -3.93. The lowest BCUT2D eigenvalue weighted by Crippen LogP contribution is -2.02. The second-order valence-corrected chi connectivity index (χ2v) is 6.59. The number of rotatable bonds is 6. The third-order valence-corrected chi connectivity index (χ3v) is 4.78. The number of halogens is 1. The van der Waals surface area contributed by atoms with Gasteiger partial charge in [-0.1, -0.05) is 30.3 Å². The van der Waals surface area contributed by atoms with Crippen LogP contribution in [0.4, 0.5) is 4.39 Å². The molecule has 4 aromatic rings. The maximum atomic E-state index is 14.5. The van der Waals surface area contributed by atoms with Gasteiger partial charge in [-0.05, 0) is 42.0 Å². The summed E-state index contributed by atoms with van der Waals surface area (Å²) in [6.45, 7) is 0. The van der Waals surface area contributed by atoms with Crippen LogP contribution in [0.15, 0.2) is 79.3 Å². The van der Waals surface area contributed by atoms with E-state index in [0.717, 1.165) is 5.69 Å². The summed E-state index contributed by atoms with van der Waals surface area (Å²) in [4.78, 5) is 17.0. The van der Waals surface area contributed by atoms with Gasteiger partial charge in [-0.25, -0.2) is 9.37 Å². The summed E-state index contributed by atoms with van der Waals surface area (Å²) in [6, 6.07) is 19.0. The number of ketones is 1. The number of carbonyl (C=O) groups excluding carboxylic acids is 1. The highest BCUT2D eigenvalue weighted by molar-refractivity contribution is 6.07. The predicted octanol–water partition coefficient (Wildman–Crippen LogP) is 4.93. The largest absolute Gasteiger partial charge is 0.497 e. The molecule has 5 nitrogen and oxygen atoms in total. The zero-order chi connectivity index (χ0) is 21.1. The van der Waals surface area contributed by atoms with Gasteiger partial charge in [-0.3, -0.25) is 4.79 Å². The van der Waals surface area contributed by atoms with Crippen LogP contribution in [0.2, 0.25) is 0 Å². The van der Waals surface area contributed by atoms with E-state index in [1.54, 1.807) is 60.6 Å². The molecule has 0 aliphatic carbocycles. The Morgan fingerprint density at radius 2 is 1.77 bits per heavy atom. The van der Waals surface area contributed by atoms with Crippen LogP contribution >= 0.6 is 0 Å². The first kappa shape index (κ1) is 19.4. The van der Waals surface area contributed by atoms with Crippen molar-refractivity contribution in [2.75, 3.05) is 14.2 Å². The molecular formula is C24H19FN2O3. The second-order valence-electron chi connectivity index (χ2n) is 6.59. The Morgan fingerprint density at radius 1 is 0.967 bits per heavy atom. The van der Waals surface area contributed by atoms with E-state index in [2.05, 4.69) is 4.98 Å². The average molecular weight is 402 g/mol. The molecule has 0 saturated heterocycles. The van der Waals surface area contributed by atoms with E-state index >= 15 is 0 Å². The molecule has 4 rings (SSSR count). The van der Waals surface area contributed by atoms with Crippen molar-refractivity contribution < 1.29 is 18.7 Å². The van der Waals surface area contributed by atoms with Crippen LogP contribution in [0.5, 0.6) is 11.5 Å². The molecule has 0 aliphatic heterocycles. The van der Waals surface area contributed by atoms with Crippen molar-refractivity contribution in [1.29, 1.82) is 0 Å². The smallest absolute Gasteiger partial charge is 0.213 e. The summed E-state index contributed by atoms with van der Waals surface area (Å²) in [7, 11) is 3.06. The zero-order valence-electron chi connectivity index (χ0n) is 16.5. The van der Waals surface area contributed by atoms with Gasteiger partial charge in [0.2, 0.25) is 5.78 Å². The third kappa shape index (κ3) is 3.67. The molecule has 0 atom stereocenters. The van der Waals surface area contributed by atoms with E-state index in [9.17, 15) is 9.18 Å². The van der Waals surface area contributed by atoms with Crippen molar-refractivity contribution in [1.82, 2.24) is 9.55 Å². The molecule has 0 N–H and O–H groups in total. The zero-order valence-corrected chi connectivity index (χ0v) is 16.5. The van der Waals surface area contributed by atoms with Crippen molar-refractivity contribution in [3.63, 3.8) is 0 Å². The Labute approximate surface area is 173 Å². The van der Waals surface area contributed by atoms with Gasteiger partial charge in [0.15, 0.2) is 0 Å². The molecular weight excluding hydrogens is 383 g/mol. The Kier molecular flexibility index (Phi) is 5.30. The first-order chi connectivity index (χ1) is 14.6. The monoisotopic (exact) mass is 402 g/mol. The van der Waals surface area contributed by atoms with Gasteiger partial charge in [0.1, 0.15) is 29.3 Å². The van der Waals surface area contributed by atoms with Crippen molar-refractivity contribution in [3.05, 3.63) is 96.3 Å². The van der Waals surface area contributed by atoms with Gasteiger partial charge in [0.05, 0.1) is 19.8 Å². The Balaban J connectivity index is 1.68. The highest BCUT2D eigenvalue weighted by atomic mass is 19.1. The topological polar surface area (TPSA) is 53.4 Å². The molecule has 0 spiro atoms. The van der Waals surface area contributed by atoms with E-state index < -0.39 is 0 Å². The first-order valence-electron chi connectivity index (χ1n) is 9.27. The number of ether oxygens (including phenoxy) is 2. The molecule has 0 fully saturated rings. The number of hydrogen-bond donors (Lipinski definition) is 0. The van der Waals surface area contributed by atoms with Gasteiger partial charge in [-0.2, -0.15) is 0 Å². The molecule has 0 radical (unpaired) electrons. The maximum absolute atomic E-state index is 14.5. The molecule has 0 bridgehead atoms. The highest BCUT2D eigenvalue weighted by Crippen LogP contribution is 2.33. The number of methoxy groups -OCH3 is 2. The second kappa shape index (κ2) is 8.21. The van der Waals surface area contributed by atoms with Crippen LogP contribution in [0.25, 0.3) is 16.8 Å². The van der Waals surface area contributed by atoms with Crippen LogP contribution in [-0.4, -0.2) is 29.6 Å². The SMILES string of the molecule is COc1cccc(C(=O)c2cn(-c3cccc(-c4c(F)cccc4OC)c3)cn2)c1. The molecule has 30 heavy (non-hydrogen) atoms. The lowest BCUT2D eigenvalue weighted by molar-refractivity contribution is 0.103. The summed E-state index contributed by atoms with van der Waals surface area (Å²) in [6.07, 6.45) is 3.21. The van der Waals surface area contributed by atoms with Crippen molar-refractivity contribution in [3.8, 4) is 28.3 Å². The molecule has 6 heteroatoms. The minimum Gasteiger partial charge on any atom is -0.497 e. The molecule has 3 aromatic carbocycles. The van der Waals surface area contributed by atoms with Crippen LogP contribution in [0.1, 0.15) is 16.1 Å². The molecule has 0 saturated carbocycles. The summed E-state index contributed by atoms with van der Waals surface area (Å²) >= 11 is 0. The van der Waals surface area contributed by atoms with Crippen LogP contribution < -0.4 is 9.47 Å². The fourth-order valence-electron chi connectivity index (χ4n) is 3.27. The molecule has 0 aliphatic rings. The minimum atomic E-state index is -0.369. The number of imidazole rings is 1. The van der Waals surface area contributed by atoms with Crippen LogP contribution in [-0.2, 0) is 0 Å². The number of nitrogens with zero attached hydrogens (tertiary/aromatic N) is 2. The highest BCUT2D eigenvalue weighted by Gasteiger charge is 2.15. The van der Waals surface area contributed by atoms with E-state index in [0.29, 0.717) is 33.9 Å². The Morgan fingerprint density at radius 3 is 2.57 bits per heavy atom. The fourth-order valence-corrected chi connectivity index (χ4v) is 3.27. The lowest BCUT2D eigenvalue weighted by atomic mass is 10.0. The Bertz CT molecular complexity index is 1220. The minimum absolute atomic E-state index is 0.209. The standard InChI is InChI=1S/C24H19FN2O3/c1-29-19-9-4-7-17(13-19)24(28)21-14-27(15-26-21)18-8-3-6-16(12-18)23-20(25)10-5-11-22(23)30-2/h3-15H,1-2H3. The predicted molar refractivity (Wildman–Crippen MR) is 112 cm³/mol. The van der Waals surface area contributed by atoms with Gasteiger partial charge in [0.25, 0.3) is 0 Å². The number of hydrogen-bond acceptors (Lipinski definition) is 4. The molecule has 0 unspecified atom stereocenters. The van der Waals surface area contributed by atoms with Gasteiger partial charge in [0, 0.05) is 17.4 Å². The van der Waals surface area contributed by atoms with Crippen molar-refractivity contribution in [2.24, 2.45) is 0 Å². The van der Waals surface area contributed by atoms with E-state index in [1.165, 1.54) is 13.2 Å². The molecule has 0 amide bonds. The summed E-state index contributed by atoms with van der Waals surface area (Å²) < 4.78 is 26.7. The third-order valence-electron chi connectivity index (χ3n) is 4.78. The number of aromatic nitrogens is 2. The van der Waals surface area contributed by atoms with Crippen LogP contribution in [0.3, 0.4) is 0 Å². The van der Waals surface area contributed by atoms with E-state index in [-0.39, 0.29) is 11.6 Å². The molecule has 1 heterocycles. The molecule has 1 aromatic heterocycles. The van der Waals surface area contributed by atoms with E-state index in [4.69, 9.17) is 9.47 Å². The number of carbonyl (C=O) groups is 1. The molecule has 150 valence electrons. The average Bonchev–Trinajstić information content (AvgIpc) is 3.29. The van der Waals surface area contributed by atoms with E-state index in [1.807, 2.05) is 24.3 Å². The maximum Gasteiger partial charge on any atom is 0.213 e. The summed E-state index contributed by atoms with van der Waals surface area (Å²) in [5, 5.41) is 0. The van der Waals surface area contributed by atoms with Gasteiger partial charge in [-0.15, -0.1) is 0 Å². The number of benzene rings is 3. The van der Waals surface area contributed by atoms with Gasteiger partial charge >= 0.3 is 0 Å². The summed E-state index contributed by atoms with van der Waals surface area (Å²) in [5.74, 6) is 0.476. The first-order valence-corrected chi connectivity index (χ1v) is 9.27. The quantitative estimate of drug-likeness (QED) is 0.429.